The van der Waals surface area contributed by atoms with Crippen LogP contribution < -0.4 is 0 Å². The molecule has 1 aromatic carbocycles. The zero-order valence-corrected chi connectivity index (χ0v) is 11.1. The lowest BCUT2D eigenvalue weighted by molar-refractivity contribution is 0.0848. The lowest BCUT2D eigenvalue weighted by atomic mass is 10.1. The maximum Gasteiger partial charge on any atom is 0.258 e. The Kier molecular flexibility index (Phi) is 4.19. The summed E-state index contributed by atoms with van der Waals surface area (Å²) in [5.74, 6) is 0.117. The number of carbonyl (C=O) groups is 1. The molecule has 2 rings (SSSR count). The van der Waals surface area contributed by atoms with Crippen molar-refractivity contribution < 1.29 is 4.79 Å². The van der Waals surface area contributed by atoms with E-state index in [-0.39, 0.29) is 5.91 Å². The number of nitrogens with zero attached hydrogens (tertiary/aromatic N) is 1. The fraction of sp³-hybridized carbons (Fsp3) is 0.438. The van der Waals surface area contributed by atoms with Gasteiger partial charge in [0.05, 0.1) is 0 Å². The summed E-state index contributed by atoms with van der Waals surface area (Å²) in [4.78, 5) is 14.0. The molecule has 0 fully saturated rings. The minimum Gasteiger partial charge on any atom is -0.308 e. The summed E-state index contributed by atoms with van der Waals surface area (Å²) in [7, 11) is 0. The maximum absolute atomic E-state index is 12.2. The molecule has 0 N–H and O–H groups in total. The minimum absolute atomic E-state index is 0.117. The Balaban J connectivity index is 1.93. The molecule has 0 aromatic heterocycles. The van der Waals surface area contributed by atoms with E-state index in [4.69, 9.17) is 0 Å². The first kappa shape index (κ1) is 12.9. The van der Waals surface area contributed by atoms with Crippen molar-refractivity contribution in [3.05, 3.63) is 42.0 Å². The smallest absolute Gasteiger partial charge is 0.258 e. The van der Waals surface area contributed by atoms with Gasteiger partial charge in [-0.1, -0.05) is 57.4 Å². The number of rotatable bonds is 6. The van der Waals surface area contributed by atoms with Crippen LogP contribution in [0.2, 0.25) is 0 Å². The van der Waals surface area contributed by atoms with Gasteiger partial charge in [0.25, 0.3) is 5.91 Å². The molecule has 1 aliphatic heterocycles. The first-order chi connectivity index (χ1) is 8.75. The lowest BCUT2D eigenvalue weighted by Gasteiger charge is -2.17. The Bertz CT molecular complexity index is 415. The summed E-state index contributed by atoms with van der Waals surface area (Å²) in [5.41, 5.74) is 2.67. The summed E-state index contributed by atoms with van der Waals surface area (Å²) in [6, 6.07) is 7.74. The van der Waals surface area contributed by atoms with Crippen LogP contribution in [0.4, 0.5) is 0 Å². The molecule has 0 atom stereocenters. The number of hydrogen-bond donors (Lipinski definition) is 0. The van der Waals surface area contributed by atoms with E-state index in [0.717, 1.165) is 29.8 Å². The predicted octanol–water partition coefficient (Wildman–Crippen LogP) is 4.08. The van der Waals surface area contributed by atoms with Gasteiger partial charge in [-0.05, 0) is 12.5 Å². The molecule has 1 amide bonds. The molecule has 1 heterocycles. The van der Waals surface area contributed by atoms with E-state index in [9.17, 15) is 4.79 Å². The highest BCUT2D eigenvalue weighted by atomic mass is 16.2. The molecule has 0 saturated heterocycles. The standard InChI is InChI=1S/C16H21NO/c1-3-4-5-6-9-12-17-13(2)14-10-7-8-11-15(14)16(17)18/h7-8,10-11H,2-6,9,12H2,1H3. The van der Waals surface area contributed by atoms with E-state index in [1.54, 1.807) is 0 Å². The molecule has 0 aliphatic carbocycles. The van der Waals surface area contributed by atoms with E-state index in [1.165, 1.54) is 25.7 Å². The second-order valence-electron chi connectivity index (χ2n) is 4.86. The van der Waals surface area contributed by atoms with E-state index >= 15 is 0 Å². The van der Waals surface area contributed by atoms with E-state index in [1.807, 2.05) is 29.2 Å². The van der Waals surface area contributed by atoms with Gasteiger partial charge >= 0.3 is 0 Å². The summed E-state index contributed by atoms with van der Waals surface area (Å²) in [6.45, 7) is 7.06. The van der Waals surface area contributed by atoms with E-state index in [2.05, 4.69) is 13.5 Å². The second kappa shape index (κ2) is 5.85. The first-order valence-electron chi connectivity index (χ1n) is 6.86. The molecular formula is C16H21NO. The Morgan fingerprint density at radius 3 is 2.39 bits per heavy atom. The Morgan fingerprint density at radius 1 is 1.06 bits per heavy atom. The largest absolute Gasteiger partial charge is 0.308 e. The molecule has 0 saturated carbocycles. The van der Waals surface area contributed by atoms with Crippen LogP contribution in [-0.2, 0) is 0 Å². The highest BCUT2D eigenvalue weighted by Gasteiger charge is 2.29. The number of unbranched alkanes of at least 4 members (excludes halogenated alkanes) is 4. The van der Waals surface area contributed by atoms with Crippen LogP contribution in [0, 0.1) is 0 Å². The second-order valence-corrected chi connectivity index (χ2v) is 4.86. The Morgan fingerprint density at radius 2 is 1.72 bits per heavy atom. The molecule has 2 heteroatoms. The first-order valence-corrected chi connectivity index (χ1v) is 6.86. The van der Waals surface area contributed by atoms with Crippen molar-refractivity contribution in [1.29, 1.82) is 0 Å². The molecule has 1 aromatic rings. The summed E-state index contributed by atoms with van der Waals surface area (Å²) in [6.07, 6.45) is 6.06. The maximum atomic E-state index is 12.2. The topological polar surface area (TPSA) is 20.3 Å². The van der Waals surface area contributed by atoms with Crippen LogP contribution in [0.15, 0.2) is 30.8 Å². The molecule has 96 valence electrons. The van der Waals surface area contributed by atoms with Gasteiger partial charge in [-0.3, -0.25) is 4.79 Å². The Labute approximate surface area is 109 Å². The van der Waals surface area contributed by atoms with E-state index < -0.39 is 0 Å². The minimum atomic E-state index is 0.117. The third-order valence-electron chi connectivity index (χ3n) is 3.52. The molecule has 2 nitrogen and oxygen atoms in total. The van der Waals surface area contributed by atoms with Crippen molar-refractivity contribution in [3.8, 4) is 0 Å². The fourth-order valence-corrected chi connectivity index (χ4v) is 2.44. The van der Waals surface area contributed by atoms with Gasteiger partial charge in [0.15, 0.2) is 0 Å². The van der Waals surface area contributed by atoms with Crippen LogP contribution in [-0.4, -0.2) is 17.4 Å². The number of carbonyl (C=O) groups excluding carboxylic acids is 1. The number of amides is 1. The van der Waals surface area contributed by atoms with Crippen molar-refractivity contribution >= 4 is 11.6 Å². The fourth-order valence-electron chi connectivity index (χ4n) is 2.44. The number of hydrogen-bond acceptors (Lipinski definition) is 1. The van der Waals surface area contributed by atoms with Crippen molar-refractivity contribution in [2.45, 2.75) is 39.0 Å². The average molecular weight is 243 g/mol. The van der Waals surface area contributed by atoms with Crippen molar-refractivity contribution in [1.82, 2.24) is 4.90 Å². The third kappa shape index (κ3) is 2.47. The van der Waals surface area contributed by atoms with Gasteiger partial charge < -0.3 is 4.90 Å². The van der Waals surface area contributed by atoms with Gasteiger partial charge in [0.2, 0.25) is 0 Å². The van der Waals surface area contributed by atoms with Crippen LogP contribution in [0.1, 0.15) is 54.9 Å². The Hall–Kier alpha value is -1.57. The highest BCUT2D eigenvalue weighted by molar-refractivity contribution is 6.08. The zero-order valence-electron chi connectivity index (χ0n) is 11.1. The average Bonchev–Trinajstić information content (AvgIpc) is 2.64. The van der Waals surface area contributed by atoms with Crippen LogP contribution in [0.3, 0.4) is 0 Å². The summed E-state index contributed by atoms with van der Waals surface area (Å²) in [5, 5.41) is 0. The molecule has 0 bridgehead atoms. The number of fused-ring (bicyclic) bond motifs is 1. The van der Waals surface area contributed by atoms with Crippen molar-refractivity contribution in [3.63, 3.8) is 0 Å². The van der Waals surface area contributed by atoms with Gasteiger partial charge in [0.1, 0.15) is 0 Å². The number of benzene rings is 1. The lowest BCUT2D eigenvalue weighted by Crippen LogP contribution is -2.23. The molecular weight excluding hydrogens is 222 g/mol. The van der Waals surface area contributed by atoms with E-state index in [0.29, 0.717) is 0 Å². The zero-order chi connectivity index (χ0) is 13.0. The quantitative estimate of drug-likeness (QED) is 0.689. The van der Waals surface area contributed by atoms with Crippen LogP contribution >= 0.6 is 0 Å². The van der Waals surface area contributed by atoms with Crippen molar-refractivity contribution in [2.75, 3.05) is 6.54 Å². The van der Waals surface area contributed by atoms with Gasteiger partial charge in [-0.15, -0.1) is 0 Å². The van der Waals surface area contributed by atoms with Gasteiger partial charge in [-0.2, -0.15) is 0 Å². The highest BCUT2D eigenvalue weighted by Crippen LogP contribution is 2.31. The summed E-state index contributed by atoms with van der Waals surface area (Å²) < 4.78 is 0. The van der Waals surface area contributed by atoms with Gasteiger partial charge in [0, 0.05) is 23.4 Å². The third-order valence-corrected chi connectivity index (χ3v) is 3.52. The molecule has 1 aliphatic rings. The molecule has 18 heavy (non-hydrogen) atoms. The predicted molar refractivity (Wildman–Crippen MR) is 75.3 cm³/mol. The molecule has 0 spiro atoms. The molecule has 0 radical (unpaired) electrons. The normalized spacial score (nSPS) is 14.2. The monoisotopic (exact) mass is 243 g/mol. The van der Waals surface area contributed by atoms with Crippen molar-refractivity contribution in [2.24, 2.45) is 0 Å². The SMILES string of the molecule is C=C1c2ccccc2C(=O)N1CCCCCCC. The molecule has 0 unspecified atom stereocenters. The summed E-state index contributed by atoms with van der Waals surface area (Å²) >= 11 is 0. The van der Waals surface area contributed by atoms with Crippen LogP contribution in [0.5, 0.6) is 0 Å². The van der Waals surface area contributed by atoms with Gasteiger partial charge in [-0.25, -0.2) is 0 Å². The van der Waals surface area contributed by atoms with Crippen LogP contribution in [0.25, 0.3) is 5.70 Å².